The van der Waals surface area contributed by atoms with E-state index >= 15 is 0 Å². The fourth-order valence-electron chi connectivity index (χ4n) is 21.1. The minimum atomic E-state index is -1.83. The molecule has 10 rings (SSSR count). The summed E-state index contributed by atoms with van der Waals surface area (Å²) in [5, 5.41) is 108. The van der Waals surface area contributed by atoms with E-state index in [0.717, 1.165) is 21.8 Å². The summed E-state index contributed by atoms with van der Waals surface area (Å²) in [6.45, 7) is 38.1. The Morgan fingerprint density at radius 3 is 1.26 bits per heavy atom. The van der Waals surface area contributed by atoms with Crippen LogP contribution in [0, 0.1) is 35.5 Å². The van der Waals surface area contributed by atoms with Crippen molar-refractivity contribution in [3.05, 3.63) is 84.2 Å². The Morgan fingerprint density at radius 2 is 0.898 bits per heavy atom. The molecule has 137 heavy (non-hydrogen) atoms. The molecule has 6 fully saturated rings. The number of nitrogens with two attached hydrogens (primary N) is 1. The van der Waals surface area contributed by atoms with Crippen LogP contribution >= 0.6 is 0 Å². The molecule has 35 nitrogen and oxygen atoms in total. The van der Waals surface area contributed by atoms with Crippen molar-refractivity contribution in [2.24, 2.45) is 41.2 Å². The molecule has 6 saturated heterocycles. The number of aliphatic hydroxyl groups is 8. The van der Waals surface area contributed by atoms with Gasteiger partial charge < -0.3 is 143 Å². The highest BCUT2D eigenvalue weighted by atomic mass is 16.7. The van der Waals surface area contributed by atoms with Crippen molar-refractivity contribution in [2.45, 2.75) is 383 Å². The molecule has 36 atom stereocenters. The number of likely N-dealkylation sites (N-methyl/N-ethyl adjacent to an activating group) is 4. The average Bonchev–Trinajstić information content (AvgIpc) is 1.72. The fourth-order valence-corrected chi connectivity index (χ4v) is 21.1. The van der Waals surface area contributed by atoms with Gasteiger partial charge in [0.2, 0.25) is 0 Å². The first-order chi connectivity index (χ1) is 64.1. The molecule has 1 amide bonds. The van der Waals surface area contributed by atoms with Gasteiger partial charge in [0, 0.05) is 119 Å². The van der Waals surface area contributed by atoms with Gasteiger partial charge in [0.05, 0.1) is 105 Å². The lowest BCUT2D eigenvalue weighted by atomic mass is 9.77. The zero-order chi connectivity index (χ0) is 102. The molecule has 0 radical (unpaired) electrons. The highest BCUT2D eigenvalue weighted by Crippen LogP contribution is 2.45. The van der Waals surface area contributed by atoms with Crippen molar-refractivity contribution in [1.82, 2.24) is 34.9 Å². The number of amides is 1. The van der Waals surface area contributed by atoms with Crippen LogP contribution < -0.4 is 11.1 Å². The number of aromatic nitrogens is 2. The number of ether oxygens (including phenoxy) is 14. The van der Waals surface area contributed by atoms with Crippen LogP contribution in [0.2, 0.25) is 0 Å². The summed E-state index contributed by atoms with van der Waals surface area (Å²) in [5.74, 6) is -6.35. The number of aromatic carboxylic acids is 1. The van der Waals surface area contributed by atoms with Crippen LogP contribution in [0.25, 0.3) is 21.8 Å². The molecule has 2 aromatic carbocycles. The number of hydrogen-bond acceptors (Lipinski definition) is 33. The molecular weight excluding hydrogens is 1770 g/mol. The van der Waals surface area contributed by atoms with Crippen molar-refractivity contribution in [3.63, 3.8) is 0 Å². The topological polar surface area (TPSA) is 456 Å². The van der Waals surface area contributed by atoms with Gasteiger partial charge in [-0.15, -0.1) is 0 Å². The number of carbonyl (C=O) groups is 4. The van der Waals surface area contributed by atoms with Crippen molar-refractivity contribution in [2.75, 3.05) is 95.9 Å². The van der Waals surface area contributed by atoms with Gasteiger partial charge in [-0.1, -0.05) is 77.9 Å². The largest absolute Gasteiger partial charge is 0.478 e. The van der Waals surface area contributed by atoms with E-state index in [1.165, 1.54) is 34.3 Å². The van der Waals surface area contributed by atoms with E-state index in [0.29, 0.717) is 64.0 Å². The Bertz CT molecular complexity index is 4400. The second-order valence-corrected chi connectivity index (χ2v) is 41.9. The van der Waals surface area contributed by atoms with Crippen LogP contribution in [0.1, 0.15) is 223 Å². The second kappa shape index (κ2) is 50.6. The van der Waals surface area contributed by atoms with Gasteiger partial charge in [-0.2, -0.15) is 0 Å². The maximum Gasteiger partial charge on any atom is 0.337 e. The van der Waals surface area contributed by atoms with Crippen molar-refractivity contribution in [1.29, 1.82) is 0 Å². The molecule has 35 heteroatoms. The number of rotatable bonds is 25. The molecule has 0 saturated carbocycles. The van der Waals surface area contributed by atoms with Crippen LogP contribution in [0.4, 0.5) is 0 Å². The predicted molar refractivity (Wildman–Crippen MR) is 517 cm³/mol. The summed E-state index contributed by atoms with van der Waals surface area (Å²) in [4.78, 5) is 69.1. The van der Waals surface area contributed by atoms with E-state index in [1.54, 1.807) is 81.5 Å². The summed E-state index contributed by atoms with van der Waals surface area (Å²) >= 11 is 0. The standard InChI is InChI=1S/C51H84N4O13.C41H79N3O12.C10H7NO2/c1-15-39-51(10,61)43(56)33(6)55(13)28-29(2)25-49(8,60)45(31(4)41(32(5)47(59)66-39)67-40-26-50(9,62-14)44(57)34(7)65-40)68-48-42(38(54(11)12)23-30(3)64-48)63-22-18-21-52-46(58)36-24-35-19-16-17-20-37(35)53-27-36;1-15-30-41(10,49)34(45)27(6)44(13)22-23(2)20-39(8,48)36(56-38-33(51-18-16-17-42)29(43(11)12)19-24(3)52-38)25(4)32(26(5)37(47)54-30)55-31-21-40(9,50-14)35(46)28(7)53-31;12-10(13)8-5-7-3-1-2-4-9(7)11-6-8/h16-17,19-20,24,27,29-34,38-45,48,56-57,60-61H,15,18,21-23,25-26,28H2,1-14H3,(H,52,58);23-36,38,45-46,48-49H,15-22,42H2,1-14H3;1-6H,(H,12,13)/t29-,30-,31+,32-,33-,34+,38+,39-,40?,41+,42-,43-,44+,45-,48+,49-,50-,51-;23-,24-,25+,26-,27-,28+,29+,30-,31+,32+,33-,34-,35+,36-,38+,39-,40-,41-;/m11./s1. The molecule has 1 unspecified atom stereocenters. The average molecular weight is 1940 g/mol. The van der Waals surface area contributed by atoms with Gasteiger partial charge in [-0.05, 0) is 233 Å². The van der Waals surface area contributed by atoms with E-state index in [-0.39, 0.29) is 92.7 Å². The Balaban J connectivity index is 0.000000300. The van der Waals surface area contributed by atoms with Crippen LogP contribution in [0.15, 0.2) is 73.1 Å². The van der Waals surface area contributed by atoms with Crippen molar-refractivity contribution >= 4 is 45.6 Å². The molecule has 2 aromatic heterocycles. The van der Waals surface area contributed by atoms with E-state index in [1.807, 2.05) is 162 Å². The third-order valence-corrected chi connectivity index (χ3v) is 29.6. The molecule has 0 spiro atoms. The quantitative estimate of drug-likeness (QED) is 0.0219. The first-order valence-corrected chi connectivity index (χ1v) is 49.3. The van der Waals surface area contributed by atoms with E-state index in [2.05, 4.69) is 25.1 Å². The van der Waals surface area contributed by atoms with Gasteiger partial charge in [0.25, 0.3) is 5.91 Å². The number of aliphatic hydroxyl groups excluding tert-OH is 4. The predicted octanol–water partition coefficient (Wildman–Crippen LogP) is 8.50. The molecule has 6 aliphatic rings. The monoisotopic (exact) mass is 1940 g/mol. The number of para-hydroxylation sites is 2. The summed E-state index contributed by atoms with van der Waals surface area (Å²) in [7, 11) is 14.7. The van der Waals surface area contributed by atoms with Crippen molar-refractivity contribution in [3.8, 4) is 0 Å². The van der Waals surface area contributed by atoms with Crippen LogP contribution in [-0.4, -0.2) is 376 Å². The molecule has 12 N–H and O–H groups in total. The Labute approximate surface area is 812 Å². The van der Waals surface area contributed by atoms with Gasteiger partial charge in [-0.3, -0.25) is 24.4 Å². The number of fused-ring (bicyclic) bond motifs is 2. The minimum Gasteiger partial charge on any atom is -0.478 e. The zero-order valence-corrected chi connectivity index (χ0v) is 86.7. The number of methoxy groups -OCH3 is 2. The van der Waals surface area contributed by atoms with Gasteiger partial charge >= 0.3 is 17.9 Å². The number of nitrogens with zero attached hydrogens (tertiary/aromatic N) is 6. The molecule has 780 valence electrons. The number of benzene rings is 2. The van der Waals surface area contributed by atoms with Gasteiger partial charge in [-0.25, -0.2) is 4.79 Å². The molecule has 4 aromatic rings. The van der Waals surface area contributed by atoms with Crippen LogP contribution in [-0.2, 0) is 75.9 Å². The Hall–Kier alpha value is -5.86. The third kappa shape index (κ3) is 29.5. The maximum absolute atomic E-state index is 14.5. The number of pyridine rings is 2. The Kier molecular flexibility index (Phi) is 43.0. The lowest BCUT2D eigenvalue weighted by molar-refractivity contribution is -0.321. The molecule has 0 aliphatic carbocycles. The smallest absolute Gasteiger partial charge is 0.337 e. The molecule has 6 aliphatic heterocycles. The number of carboxylic acid groups (broad SMARTS) is 1. The number of nitrogens with one attached hydrogen (secondary N) is 1. The molecular formula is C102H170N8O27. The second-order valence-electron chi connectivity index (χ2n) is 41.9. The van der Waals surface area contributed by atoms with E-state index in [4.69, 9.17) is 77.2 Å². The number of carboxylic acids is 1. The fraction of sp³-hybridized carbons (Fsp3) is 0.784. The van der Waals surface area contributed by atoms with Gasteiger partial charge in [0.15, 0.2) is 25.2 Å². The molecule has 8 heterocycles. The number of hydrogen-bond donors (Lipinski definition) is 11. The van der Waals surface area contributed by atoms with E-state index < -0.39 is 198 Å². The molecule has 0 bridgehead atoms. The maximum atomic E-state index is 14.5. The summed E-state index contributed by atoms with van der Waals surface area (Å²) in [6, 6.07) is 17.2. The highest BCUT2D eigenvalue weighted by Gasteiger charge is 2.57. The SMILES string of the molecule is CC[C@H]1OC(=O)[C@H](C)[C@@H](OC2C[C@@](C)(OC)[C@@H](O)[C@H](C)O2)[C@H](C)[C@@H](O[C@@H]2O[C@H](C)C[C@H](N(C)C)[C@H]2OCCCNC(=O)c2cnc3ccccc3c2)[C@](C)(O)C[C@@H](C)CN(C)[C@H](C)[C@@H](O)[C@]1(C)O.CC[C@H]1OC(=O)[C@H](C)[C@@H](O[C@H]2C[C@@](C)(OC)[C@@H](O)[C@H](C)O2)[C@H](C)[C@@H](O[C@@H]2O[C@H](C)C[C@H](N(C)C)[C@H]2OCCCN)[C@](C)(O)C[C@@H](C)CN(C)[C@H](C)[C@@H](O)[C@]1(C)O.O=C(O)c1cnc2ccccc2c1. The normalized spacial score (nSPS) is 40.3. The zero-order valence-electron chi connectivity index (χ0n) is 86.7. The summed E-state index contributed by atoms with van der Waals surface area (Å²) in [5.41, 5.74) is -0.660. The first kappa shape index (κ1) is 116. The van der Waals surface area contributed by atoms with E-state index in [9.17, 15) is 60.0 Å². The van der Waals surface area contributed by atoms with Gasteiger partial charge in [0.1, 0.15) is 60.0 Å². The third-order valence-electron chi connectivity index (χ3n) is 29.6. The lowest BCUT2D eigenvalue weighted by Gasteiger charge is -2.49. The summed E-state index contributed by atoms with van der Waals surface area (Å²) < 4.78 is 90.5. The number of esters is 2. The van der Waals surface area contributed by atoms with Crippen molar-refractivity contribution < 1.29 is 131 Å². The Morgan fingerprint density at radius 1 is 0.526 bits per heavy atom. The minimum absolute atomic E-state index is 0.0699. The highest BCUT2D eigenvalue weighted by molar-refractivity contribution is 5.97. The summed E-state index contributed by atoms with van der Waals surface area (Å²) in [6.07, 6.45) is -10.9. The lowest BCUT2D eigenvalue weighted by Crippen LogP contribution is -2.61. The number of cyclic esters (lactones) is 2. The van der Waals surface area contributed by atoms with Crippen LogP contribution in [0.5, 0.6) is 0 Å². The first-order valence-electron chi connectivity index (χ1n) is 49.3. The number of carbonyl (C=O) groups excluding carboxylic acids is 3. The van der Waals surface area contributed by atoms with Crippen LogP contribution in [0.3, 0.4) is 0 Å².